The van der Waals surface area contributed by atoms with Gasteiger partial charge in [-0.15, -0.1) is 0 Å². The van der Waals surface area contributed by atoms with Crippen LogP contribution in [-0.2, 0) is 20.7 Å². The number of halogens is 1. The zero-order valence-corrected chi connectivity index (χ0v) is 9.79. The number of esters is 1. The molecule has 0 aliphatic carbocycles. The molecule has 0 aliphatic rings. The molecule has 0 N–H and O–H groups in total. The number of rotatable bonds is 5. The number of ether oxygens (including phenoxy) is 1. The molecular weight excluding hydrogens is 228 g/mol. The van der Waals surface area contributed by atoms with Gasteiger partial charge in [0, 0.05) is 17.9 Å². The first-order chi connectivity index (χ1) is 7.63. The molecule has 0 aromatic heterocycles. The van der Waals surface area contributed by atoms with Crippen molar-refractivity contribution in [3.05, 3.63) is 34.9 Å². The minimum absolute atomic E-state index is 0.0153. The van der Waals surface area contributed by atoms with Crippen LogP contribution in [0.4, 0.5) is 0 Å². The number of carbonyl (C=O) groups excluding carboxylic acids is 2. The second kappa shape index (κ2) is 6.28. The summed E-state index contributed by atoms with van der Waals surface area (Å²) in [6.07, 6.45) is 0.578. The standard InChI is InChI=1S/C12H13ClO3/c1-16-12(15)7-6-10(14)8-9-4-2-3-5-11(9)13/h2-5H,6-8H2,1H3. The van der Waals surface area contributed by atoms with E-state index in [9.17, 15) is 9.59 Å². The molecule has 1 rings (SSSR count). The van der Waals surface area contributed by atoms with Gasteiger partial charge in [0.15, 0.2) is 0 Å². The molecule has 0 heterocycles. The molecule has 0 unspecified atom stereocenters. The van der Waals surface area contributed by atoms with E-state index in [-0.39, 0.29) is 31.0 Å². The van der Waals surface area contributed by atoms with Crippen LogP contribution in [0.25, 0.3) is 0 Å². The van der Waals surface area contributed by atoms with E-state index < -0.39 is 0 Å². The summed E-state index contributed by atoms with van der Waals surface area (Å²) in [6, 6.07) is 7.18. The number of Topliss-reactive ketones (excluding diaryl/α,β-unsaturated/α-hetero) is 1. The summed E-state index contributed by atoms with van der Waals surface area (Å²) in [4.78, 5) is 22.4. The normalized spacial score (nSPS) is 9.88. The highest BCUT2D eigenvalue weighted by molar-refractivity contribution is 6.31. The van der Waals surface area contributed by atoms with Crippen molar-refractivity contribution < 1.29 is 14.3 Å². The van der Waals surface area contributed by atoms with Crippen LogP contribution in [0.1, 0.15) is 18.4 Å². The highest BCUT2D eigenvalue weighted by Crippen LogP contribution is 2.16. The Morgan fingerprint density at radius 1 is 1.25 bits per heavy atom. The van der Waals surface area contributed by atoms with Gasteiger partial charge in [0.25, 0.3) is 0 Å². The van der Waals surface area contributed by atoms with Crippen molar-refractivity contribution in [1.29, 1.82) is 0 Å². The Morgan fingerprint density at radius 2 is 1.94 bits per heavy atom. The lowest BCUT2D eigenvalue weighted by Crippen LogP contribution is -2.08. The first-order valence-electron chi connectivity index (χ1n) is 4.95. The Hall–Kier alpha value is -1.35. The average Bonchev–Trinajstić information content (AvgIpc) is 2.29. The van der Waals surface area contributed by atoms with Gasteiger partial charge in [0.2, 0.25) is 0 Å². The molecule has 16 heavy (non-hydrogen) atoms. The number of methoxy groups -OCH3 is 1. The molecule has 0 saturated heterocycles. The Morgan fingerprint density at radius 3 is 2.56 bits per heavy atom. The molecule has 1 aromatic carbocycles. The third kappa shape index (κ3) is 4.03. The zero-order chi connectivity index (χ0) is 12.0. The summed E-state index contributed by atoms with van der Waals surface area (Å²) in [5.74, 6) is -0.383. The van der Waals surface area contributed by atoms with Crippen molar-refractivity contribution in [3.63, 3.8) is 0 Å². The SMILES string of the molecule is COC(=O)CCC(=O)Cc1ccccc1Cl. The van der Waals surface area contributed by atoms with Crippen LogP contribution in [0.5, 0.6) is 0 Å². The van der Waals surface area contributed by atoms with Gasteiger partial charge in [0.1, 0.15) is 5.78 Å². The largest absolute Gasteiger partial charge is 0.469 e. The molecule has 0 aliphatic heterocycles. The maximum Gasteiger partial charge on any atom is 0.305 e. The van der Waals surface area contributed by atoms with E-state index in [1.165, 1.54) is 7.11 Å². The number of benzene rings is 1. The Bertz CT molecular complexity index is 388. The molecule has 0 saturated carbocycles. The van der Waals surface area contributed by atoms with Crippen molar-refractivity contribution in [2.45, 2.75) is 19.3 Å². The van der Waals surface area contributed by atoms with Crippen molar-refractivity contribution in [1.82, 2.24) is 0 Å². The van der Waals surface area contributed by atoms with Crippen molar-refractivity contribution in [3.8, 4) is 0 Å². The molecule has 4 heteroatoms. The van der Waals surface area contributed by atoms with Gasteiger partial charge in [-0.05, 0) is 11.6 Å². The van der Waals surface area contributed by atoms with Crippen molar-refractivity contribution >= 4 is 23.4 Å². The van der Waals surface area contributed by atoms with Crippen LogP contribution >= 0.6 is 11.6 Å². The summed E-state index contributed by atoms with van der Waals surface area (Å²) in [5.41, 5.74) is 0.791. The minimum atomic E-state index is -0.368. The smallest absolute Gasteiger partial charge is 0.305 e. The summed E-state index contributed by atoms with van der Waals surface area (Å²) in [6.45, 7) is 0. The second-order valence-corrected chi connectivity index (χ2v) is 3.79. The van der Waals surface area contributed by atoms with Crippen molar-refractivity contribution in [2.75, 3.05) is 7.11 Å². The molecule has 0 amide bonds. The van der Waals surface area contributed by atoms with Crippen LogP contribution in [0.2, 0.25) is 5.02 Å². The number of hydrogen-bond donors (Lipinski definition) is 0. The zero-order valence-electron chi connectivity index (χ0n) is 9.03. The second-order valence-electron chi connectivity index (χ2n) is 3.38. The third-order valence-corrected chi connectivity index (χ3v) is 2.55. The van der Waals surface area contributed by atoms with Gasteiger partial charge in [-0.1, -0.05) is 29.8 Å². The summed E-state index contributed by atoms with van der Waals surface area (Å²) >= 11 is 5.91. The van der Waals surface area contributed by atoms with Crippen LogP contribution in [0.15, 0.2) is 24.3 Å². The van der Waals surface area contributed by atoms with Crippen molar-refractivity contribution in [2.24, 2.45) is 0 Å². The summed E-state index contributed by atoms with van der Waals surface area (Å²) in [5, 5.41) is 0.578. The maximum absolute atomic E-state index is 11.5. The van der Waals surface area contributed by atoms with E-state index in [0.717, 1.165) is 5.56 Å². The number of ketones is 1. The molecule has 1 aromatic rings. The van der Waals surface area contributed by atoms with E-state index in [0.29, 0.717) is 5.02 Å². The fraction of sp³-hybridized carbons (Fsp3) is 0.333. The quantitative estimate of drug-likeness (QED) is 0.743. The molecule has 0 bridgehead atoms. The monoisotopic (exact) mass is 240 g/mol. The van der Waals surface area contributed by atoms with Crippen LogP contribution < -0.4 is 0 Å². The van der Waals surface area contributed by atoms with Gasteiger partial charge < -0.3 is 4.74 Å². The minimum Gasteiger partial charge on any atom is -0.469 e. The molecule has 0 atom stereocenters. The van der Waals surface area contributed by atoms with Gasteiger partial charge in [-0.25, -0.2) is 0 Å². The first kappa shape index (κ1) is 12.7. The van der Waals surface area contributed by atoms with Gasteiger partial charge in [0.05, 0.1) is 13.5 Å². The van der Waals surface area contributed by atoms with Gasteiger partial charge in [-0.2, -0.15) is 0 Å². The van der Waals surface area contributed by atoms with Gasteiger partial charge in [-0.3, -0.25) is 9.59 Å². The molecule has 0 spiro atoms. The van der Waals surface area contributed by atoms with E-state index in [1.807, 2.05) is 12.1 Å². The van der Waals surface area contributed by atoms with Crippen LogP contribution in [0, 0.1) is 0 Å². The fourth-order valence-electron chi connectivity index (χ4n) is 1.29. The van der Waals surface area contributed by atoms with Gasteiger partial charge >= 0.3 is 5.97 Å². The predicted octanol–water partition coefficient (Wildman–Crippen LogP) is 2.40. The summed E-state index contributed by atoms with van der Waals surface area (Å²) < 4.78 is 4.46. The van der Waals surface area contributed by atoms with Crippen LogP contribution in [-0.4, -0.2) is 18.9 Å². The Balaban J connectivity index is 2.46. The van der Waals surface area contributed by atoms with E-state index in [1.54, 1.807) is 12.1 Å². The van der Waals surface area contributed by atoms with E-state index in [4.69, 9.17) is 11.6 Å². The lowest BCUT2D eigenvalue weighted by molar-refractivity contribution is -0.141. The molecule has 0 fully saturated rings. The Labute approximate surface area is 99.4 Å². The topological polar surface area (TPSA) is 43.4 Å². The maximum atomic E-state index is 11.5. The number of hydrogen-bond acceptors (Lipinski definition) is 3. The predicted molar refractivity (Wildman–Crippen MR) is 61.4 cm³/mol. The van der Waals surface area contributed by atoms with E-state index in [2.05, 4.69) is 4.74 Å². The highest BCUT2D eigenvalue weighted by Gasteiger charge is 2.09. The fourth-order valence-corrected chi connectivity index (χ4v) is 1.49. The molecule has 0 radical (unpaired) electrons. The first-order valence-corrected chi connectivity index (χ1v) is 5.33. The molecule has 86 valence electrons. The van der Waals surface area contributed by atoms with E-state index >= 15 is 0 Å². The lowest BCUT2D eigenvalue weighted by Gasteiger charge is -2.02. The molecular formula is C12H13ClO3. The summed E-state index contributed by atoms with van der Waals surface area (Å²) in [7, 11) is 1.31. The molecule has 3 nitrogen and oxygen atoms in total. The Kier molecular flexibility index (Phi) is 4.99. The lowest BCUT2D eigenvalue weighted by atomic mass is 10.1. The third-order valence-electron chi connectivity index (χ3n) is 2.18. The number of carbonyl (C=O) groups is 2. The van der Waals surface area contributed by atoms with Crippen LogP contribution in [0.3, 0.4) is 0 Å². The average molecular weight is 241 g/mol. The highest BCUT2D eigenvalue weighted by atomic mass is 35.5.